The Kier molecular flexibility index (Phi) is 11.0. The van der Waals surface area contributed by atoms with Gasteiger partial charge in [-0.2, -0.15) is 0 Å². The number of aliphatic hydroxyl groups is 1. The van der Waals surface area contributed by atoms with Gasteiger partial charge >= 0.3 is 6.09 Å². The van der Waals surface area contributed by atoms with Crippen molar-refractivity contribution in [2.45, 2.75) is 63.9 Å². The number of hydrogen-bond donors (Lipinski definition) is 1. The molecule has 2 heterocycles. The smallest absolute Gasteiger partial charge is 0.410 e. The molecule has 0 spiro atoms. The largest absolute Gasteiger partial charge is 0.490 e. The van der Waals surface area contributed by atoms with Gasteiger partial charge < -0.3 is 38.6 Å². The zero-order chi connectivity index (χ0) is 30.3. The number of likely N-dealkylation sites (tertiary alicyclic amines) is 1. The zero-order valence-corrected chi connectivity index (χ0v) is 26.2. The van der Waals surface area contributed by atoms with Crippen LogP contribution in [0, 0.1) is 0 Å². The van der Waals surface area contributed by atoms with Crippen LogP contribution in [0.2, 0.25) is 5.02 Å². The highest BCUT2D eigenvalue weighted by atomic mass is 35.5. The van der Waals surface area contributed by atoms with Crippen LogP contribution < -0.4 is 9.64 Å². The van der Waals surface area contributed by atoms with Crippen LogP contribution >= 0.6 is 11.6 Å². The maximum Gasteiger partial charge on any atom is 0.410 e. The number of ether oxygens (including phenoxy) is 5. The van der Waals surface area contributed by atoms with Gasteiger partial charge in [0.1, 0.15) is 29.7 Å². The molecule has 1 N–H and O–H groups in total. The summed E-state index contributed by atoms with van der Waals surface area (Å²) in [5.41, 5.74) is 1.61. The van der Waals surface area contributed by atoms with Crippen LogP contribution in [0.25, 0.3) is 0 Å². The summed E-state index contributed by atoms with van der Waals surface area (Å²) in [5.74, 6) is 0.844. The summed E-state index contributed by atoms with van der Waals surface area (Å²) in [6, 6.07) is 11.6. The first-order chi connectivity index (χ1) is 20.0. The second kappa shape index (κ2) is 14.3. The topological polar surface area (TPSA) is 89.9 Å². The van der Waals surface area contributed by atoms with Crippen molar-refractivity contribution in [1.82, 2.24) is 4.90 Å². The van der Waals surface area contributed by atoms with Crippen LogP contribution in [0.3, 0.4) is 0 Å². The zero-order valence-electron chi connectivity index (χ0n) is 25.5. The number of piperidine rings is 1. The van der Waals surface area contributed by atoms with E-state index in [4.69, 9.17) is 35.3 Å². The fourth-order valence-electron chi connectivity index (χ4n) is 5.54. The van der Waals surface area contributed by atoms with Gasteiger partial charge in [-0.25, -0.2) is 4.79 Å². The maximum absolute atomic E-state index is 13.0. The number of benzene rings is 2. The van der Waals surface area contributed by atoms with Gasteiger partial charge in [-0.05, 0) is 74.6 Å². The minimum absolute atomic E-state index is 0.176. The van der Waals surface area contributed by atoms with Crippen molar-refractivity contribution in [3.8, 4) is 5.75 Å². The number of halogens is 1. The Hall–Kier alpha value is -2.56. The van der Waals surface area contributed by atoms with E-state index in [2.05, 4.69) is 11.0 Å². The Morgan fingerprint density at radius 1 is 1.12 bits per heavy atom. The van der Waals surface area contributed by atoms with Gasteiger partial charge in [0.2, 0.25) is 0 Å². The molecule has 0 aromatic heterocycles. The van der Waals surface area contributed by atoms with Gasteiger partial charge in [-0.15, -0.1) is 0 Å². The number of carbonyl (C=O) groups excluding carboxylic acids is 1. The van der Waals surface area contributed by atoms with E-state index < -0.39 is 23.4 Å². The molecule has 232 valence electrons. The Balaban J connectivity index is 1.60. The lowest BCUT2D eigenvalue weighted by Gasteiger charge is -2.45. The first-order valence-electron chi connectivity index (χ1n) is 14.6. The standard InChI is InChI=1S/C32H45ClN2O7/c1-31(2,3)42-30(36)35-14-12-32(37,26-9-8-25(33)20-24(26)11-17-39-5)29(21-35)41-22-23-7-10-28-27(19-23)34(15-18-40-28)13-6-16-38-4/h7-10,19-20,29,37H,6,11-18,21-22H2,1-5H3/t29-,32-/m0/s1. The molecule has 0 unspecified atom stereocenters. The minimum Gasteiger partial charge on any atom is -0.490 e. The molecule has 2 atom stereocenters. The third-order valence-electron chi connectivity index (χ3n) is 7.65. The van der Waals surface area contributed by atoms with E-state index in [-0.39, 0.29) is 19.6 Å². The molecule has 0 aliphatic carbocycles. The summed E-state index contributed by atoms with van der Waals surface area (Å²) in [7, 11) is 3.36. The lowest BCUT2D eigenvalue weighted by atomic mass is 9.79. The van der Waals surface area contributed by atoms with Crippen LogP contribution in [0.1, 0.15) is 50.3 Å². The third-order valence-corrected chi connectivity index (χ3v) is 7.89. The van der Waals surface area contributed by atoms with Crippen LogP contribution in [-0.2, 0) is 37.6 Å². The lowest BCUT2D eigenvalue weighted by molar-refractivity contribution is -0.155. The molecular formula is C32H45ClN2O7. The molecule has 2 aromatic rings. The number of hydrogen-bond acceptors (Lipinski definition) is 8. The van der Waals surface area contributed by atoms with E-state index in [1.165, 1.54) is 0 Å². The molecule has 9 nitrogen and oxygen atoms in total. The van der Waals surface area contributed by atoms with E-state index in [0.29, 0.717) is 37.8 Å². The average Bonchev–Trinajstić information content (AvgIpc) is 2.95. The lowest BCUT2D eigenvalue weighted by Crippen LogP contribution is -2.57. The van der Waals surface area contributed by atoms with Crippen molar-refractivity contribution in [1.29, 1.82) is 0 Å². The van der Waals surface area contributed by atoms with Crippen LogP contribution in [0.15, 0.2) is 36.4 Å². The molecule has 2 aliphatic rings. The molecule has 42 heavy (non-hydrogen) atoms. The summed E-state index contributed by atoms with van der Waals surface area (Å²) in [5, 5.41) is 12.9. The molecule has 0 bridgehead atoms. The van der Waals surface area contributed by atoms with Crippen LogP contribution in [0.5, 0.6) is 5.75 Å². The first-order valence-corrected chi connectivity index (χ1v) is 15.0. The van der Waals surface area contributed by atoms with Gasteiger partial charge in [0.15, 0.2) is 0 Å². The van der Waals surface area contributed by atoms with Crippen molar-refractivity contribution in [2.75, 3.05) is 65.1 Å². The minimum atomic E-state index is -1.35. The third kappa shape index (κ3) is 8.08. The Labute approximate surface area is 254 Å². The summed E-state index contributed by atoms with van der Waals surface area (Å²) in [6.45, 7) is 9.75. The molecular weight excluding hydrogens is 560 g/mol. The number of fused-ring (bicyclic) bond motifs is 1. The average molecular weight is 605 g/mol. The molecule has 1 saturated heterocycles. The summed E-state index contributed by atoms with van der Waals surface area (Å²) in [6.07, 6.45) is 0.640. The van der Waals surface area contributed by atoms with Crippen molar-refractivity contribution in [3.63, 3.8) is 0 Å². The molecule has 2 aliphatic heterocycles. The van der Waals surface area contributed by atoms with Crippen molar-refractivity contribution >= 4 is 23.4 Å². The fraction of sp³-hybridized carbons (Fsp3) is 0.594. The van der Waals surface area contributed by atoms with Gasteiger partial charge in [-0.3, -0.25) is 0 Å². The molecule has 1 fully saturated rings. The number of amides is 1. The summed E-state index contributed by atoms with van der Waals surface area (Å²) in [4.78, 5) is 17.0. The Morgan fingerprint density at radius 2 is 1.90 bits per heavy atom. The highest BCUT2D eigenvalue weighted by molar-refractivity contribution is 6.30. The molecule has 0 radical (unpaired) electrons. The normalized spacial score (nSPS) is 20.7. The quantitative estimate of drug-likeness (QED) is 0.351. The van der Waals surface area contributed by atoms with Crippen LogP contribution in [0.4, 0.5) is 10.5 Å². The second-order valence-electron chi connectivity index (χ2n) is 11.9. The summed E-state index contributed by atoms with van der Waals surface area (Å²) >= 11 is 6.35. The number of anilines is 1. The maximum atomic E-state index is 13.0. The highest BCUT2D eigenvalue weighted by Crippen LogP contribution is 2.39. The summed E-state index contributed by atoms with van der Waals surface area (Å²) < 4.78 is 28.6. The van der Waals surface area contributed by atoms with E-state index >= 15 is 0 Å². The molecule has 1 amide bonds. The van der Waals surface area contributed by atoms with E-state index in [1.807, 2.05) is 45.0 Å². The van der Waals surface area contributed by atoms with Gasteiger partial charge in [-0.1, -0.05) is 23.7 Å². The number of nitrogens with zero attached hydrogens (tertiary/aromatic N) is 2. The molecule has 4 rings (SSSR count). The predicted octanol–water partition coefficient (Wildman–Crippen LogP) is 5.18. The van der Waals surface area contributed by atoms with Gasteiger partial charge in [0.25, 0.3) is 0 Å². The molecule has 2 aromatic carbocycles. The van der Waals surface area contributed by atoms with E-state index in [9.17, 15) is 9.90 Å². The Morgan fingerprint density at radius 3 is 2.64 bits per heavy atom. The van der Waals surface area contributed by atoms with E-state index in [0.717, 1.165) is 47.6 Å². The van der Waals surface area contributed by atoms with Crippen LogP contribution in [-0.4, -0.2) is 88.0 Å². The first kappa shape index (κ1) is 32.4. The second-order valence-corrected chi connectivity index (χ2v) is 12.4. The molecule has 0 saturated carbocycles. The highest BCUT2D eigenvalue weighted by Gasteiger charge is 2.46. The van der Waals surface area contributed by atoms with Crippen molar-refractivity contribution in [3.05, 3.63) is 58.1 Å². The number of rotatable bonds is 11. The van der Waals surface area contributed by atoms with E-state index in [1.54, 1.807) is 25.2 Å². The fourth-order valence-corrected chi connectivity index (χ4v) is 5.74. The monoisotopic (exact) mass is 604 g/mol. The number of methoxy groups -OCH3 is 2. The van der Waals surface area contributed by atoms with Gasteiger partial charge in [0.05, 0.1) is 32.0 Å². The van der Waals surface area contributed by atoms with Gasteiger partial charge in [0, 0.05) is 45.4 Å². The number of carbonyl (C=O) groups is 1. The molecule has 10 heteroatoms. The Bertz CT molecular complexity index is 1200. The van der Waals surface area contributed by atoms with Crippen molar-refractivity contribution < 1.29 is 33.6 Å². The van der Waals surface area contributed by atoms with Crippen molar-refractivity contribution in [2.24, 2.45) is 0 Å². The predicted molar refractivity (Wildman–Crippen MR) is 163 cm³/mol. The SMILES string of the molecule is COCCCN1CCOc2ccc(CO[C@H]3CN(C(=O)OC(C)(C)C)CC[C@]3(O)c3ccc(Cl)cc3CCOC)cc21.